The molecule has 2 saturated heterocycles. The van der Waals surface area contributed by atoms with Crippen LogP contribution in [0, 0.1) is 0 Å². The molecule has 2 aliphatic rings. The quantitative estimate of drug-likeness (QED) is 0.787. The number of carbonyl (C=O) groups is 1. The molecule has 6 heteroatoms. The fraction of sp³-hybridized carbons (Fsp3) is 0.650. The van der Waals surface area contributed by atoms with Crippen molar-refractivity contribution in [1.82, 2.24) is 20.4 Å². The third-order valence-corrected chi connectivity index (χ3v) is 5.69. The Labute approximate surface area is 156 Å². The van der Waals surface area contributed by atoms with Crippen LogP contribution in [0.1, 0.15) is 24.0 Å². The van der Waals surface area contributed by atoms with E-state index in [0.717, 1.165) is 64.2 Å². The molecule has 26 heavy (non-hydrogen) atoms. The zero-order chi connectivity index (χ0) is 18.4. The summed E-state index contributed by atoms with van der Waals surface area (Å²) in [4.78, 5) is 17.5. The van der Waals surface area contributed by atoms with Crippen LogP contribution < -0.4 is 10.6 Å². The zero-order valence-corrected chi connectivity index (χ0v) is 16.1. The van der Waals surface area contributed by atoms with Gasteiger partial charge >= 0.3 is 0 Å². The number of piperazine rings is 1. The number of piperidine rings is 1. The molecule has 2 heterocycles. The van der Waals surface area contributed by atoms with Gasteiger partial charge in [0.15, 0.2) is 0 Å². The minimum Gasteiger partial charge on any atom is -0.368 e. The van der Waals surface area contributed by atoms with E-state index in [1.165, 1.54) is 5.56 Å². The molecule has 0 radical (unpaired) electrons. The average molecular weight is 361 g/mol. The SMILES string of the molecule is COC1(C(=O)NCc2ccc(CN3CCN(C)CC3)cc2)CCNCC1. The highest BCUT2D eigenvalue weighted by molar-refractivity contribution is 5.85. The molecule has 0 aliphatic carbocycles. The van der Waals surface area contributed by atoms with Crippen molar-refractivity contribution in [2.24, 2.45) is 0 Å². The van der Waals surface area contributed by atoms with E-state index in [2.05, 4.69) is 51.7 Å². The van der Waals surface area contributed by atoms with Crippen LogP contribution in [0.5, 0.6) is 0 Å². The molecule has 0 unspecified atom stereocenters. The lowest BCUT2D eigenvalue weighted by Gasteiger charge is -2.34. The Morgan fingerprint density at radius 2 is 1.73 bits per heavy atom. The van der Waals surface area contributed by atoms with Crippen molar-refractivity contribution in [3.63, 3.8) is 0 Å². The monoisotopic (exact) mass is 360 g/mol. The lowest BCUT2D eigenvalue weighted by Crippen LogP contribution is -2.53. The topological polar surface area (TPSA) is 56.8 Å². The standard InChI is InChI=1S/C20H32N4O2/c1-23-11-13-24(14-12-23)16-18-5-3-17(4-6-18)15-22-19(25)20(26-2)7-9-21-10-8-20/h3-6,21H,7-16H2,1-2H3,(H,22,25). The van der Waals surface area contributed by atoms with Crippen LogP contribution in [0.15, 0.2) is 24.3 Å². The number of methoxy groups -OCH3 is 1. The van der Waals surface area contributed by atoms with Gasteiger partial charge in [-0.2, -0.15) is 0 Å². The van der Waals surface area contributed by atoms with Crippen LogP contribution in [0.25, 0.3) is 0 Å². The summed E-state index contributed by atoms with van der Waals surface area (Å²) in [6.45, 7) is 7.73. The molecule has 0 aromatic heterocycles. The van der Waals surface area contributed by atoms with Crippen LogP contribution in [-0.2, 0) is 22.6 Å². The first kappa shape index (κ1) is 19.3. The molecule has 144 valence electrons. The van der Waals surface area contributed by atoms with Crippen molar-refractivity contribution in [3.8, 4) is 0 Å². The smallest absolute Gasteiger partial charge is 0.252 e. The van der Waals surface area contributed by atoms with Gasteiger partial charge in [0.05, 0.1) is 0 Å². The number of rotatable bonds is 6. The molecule has 0 atom stereocenters. The van der Waals surface area contributed by atoms with Crippen LogP contribution in [0.4, 0.5) is 0 Å². The fourth-order valence-electron chi connectivity index (χ4n) is 3.72. The molecule has 0 bridgehead atoms. The lowest BCUT2D eigenvalue weighted by molar-refractivity contribution is -0.146. The molecular weight excluding hydrogens is 328 g/mol. The molecule has 0 spiro atoms. The van der Waals surface area contributed by atoms with Gasteiger partial charge in [-0.25, -0.2) is 0 Å². The maximum Gasteiger partial charge on any atom is 0.252 e. The third kappa shape index (κ3) is 4.82. The molecule has 1 aromatic carbocycles. The Balaban J connectivity index is 1.48. The summed E-state index contributed by atoms with van der Waals surface area (Å²) in [7, 11) is 3.82. The second-order valence-corrected chi connectivity index (χ2v) is 7.53. The first-order chi connectivity index (χ1) is 12.6. The molecule has 6 nitrogen and oxygen atoms in total. The number of nitrogens with zero attached hydrogens (tertiary/aromatic N) is 2. The lowest BCUT2D eigenvalue weighted by atomic mass is 9.91. The zero-order valence-electron chi connectivity index (χ0n) is 16.1. The van der Waals surface area contributed by atoms with Gasteiger partial charge < -0.3 is 20.3 Å². The number of benzene rings is 1. The van der Waals surface area contributed by atoms with Crippen LogP contribution in [0.2, 0.25) is 0 Å². The number of nitrogens with one attached hydrogen (secondary N) is 2. The summed E-state index contributed by atoms with van der Waals surface area (Å²) in [6.07, 6.45) is 1.44. The molecule has 1 aromatic rings. The fourth-order valence-corrected chi connectivity index (χ4v) is 3.72. The van der Waals surface area contributed by atoms with E-state index in [1.807, 2.05) is 0 Å². The second kappa shape index (κ2) is 8.95. The van der Waals surface area contributed by atoms with E-state index in [0.29, 0.717) is 6.54 Å². The summed E-state index contributed by atoms with van der Waals surface area (Å²) < 4.78 is 5.58. The number of hydrogen-bond donors (Lipinski definition) is 2. The maximum atomic E-state index is 12.6. The summed E-state index contributed by atoms with van der Waals surface area (Å²) in [5.41, 5.74) is 1.78. The highest BCUT2D eigenvalue weighted by Gasteiger charge is 2.39. The minimum absolute atomic E-state index is 0.00279. The Morgan fingerprint density at radius 1 is 1.12 bits per heavy atom. The van der Waals surface area contributed by atoms with Gasteiger partial charge in [-0.15, -0.1) is 0 Å². The van der Waals surface area contributed by atoms with Gasteiger partial charge in [0.1, 0.15) is 5.60 Å². The molecule has 2 aliphatic heterocycles. The normalized spacial score (nSPS) is 21.5. The summed E-state index contributed by atoms with van der Waals surface area (Å²) in [5, 5.41) is 6.34. The van der Waals surface area contributed by atoms with Crippen molar-refractivity contribution in [3.05, 3.63) is 35.4 Å². The van der Waals surface area contributed by atoms with E-state index in [9.17, 15) is 4.79 Å². The minimum atomic E-state index is -0.674. The van der Waals surface area contributed by atoms with Gasteiger partial charge in [0, 0.05) is 46.4 Å². The highest BCUT2D eigenvalue weighted by Crippen LogP contribution is 2.22. The van der Waals surface area contributed by atoms with Crippen molar-refractivity contribution in [1.29, 1.82) is 0 Å². The molecule has 0 saturated carbocycles. The third-order valence-electron chi connectivity index (χ3n) is 5.69. The van der Waals surface area contributed by atoms with Gasteiger partial charge in [0.2, 0.25) is 0 Å². The number of hydrogen-bond acceptors (Lipinski definition) is 5. The van der Waals surface area contributed by atoms with Crippen molar-refractivity contribution < 1.29 is 9.53 Å². The molecular formula is C20H32N4O2. The van der Waals surface area contributed by atoms with Crippen LogP contribution in [-0.4, -0.2) is 74.7 Å². The largest absolute Gasteiger partial charge is 0.368 e. The molecule has 1 amide bonds. The van der Waals surface area contributed by atoms with E-state index in [1.54, 1.807) is 7.11 Å². The maximum absolute atomic E-state index is 12.6. The van der Waals surface area contributed by atoms with Gasteiger partial charge in [0.25, 0.3) is 5.91 Å². The average Bonchev–Trinajstić information content (AvgIpc) is 2.69. The summed E-state index contributed by atoms with van der Waals surface area (Å²) in [5.74, 6) is 0.00279. The number of carbonyl (C=O) groups excluding carboxylic acids is 1. The Morgan fingerprint density at radius 3 is 2.35 bits per heavy atom. The molecule has 2 fully saturated rings. The summed E-state index contributed by atoms with van der Waals surface area (Å²) >= 11 is 0. The number of likely N-dealkylation sites (N-methyl/N-ethyl adjacent to an activating group) is 1. The van der Waals surface area contributed by atoms with E-state index >= 15 is 0 Å². The predicted molar refractivity (Wildman–Crippen MR) is 103 cm³/mol. The van der Waals surface area contributed by atoms with Crippen LogP contribution >= 0.6 is 0 Å². The van der Waals surface area contributed by atoms with Crippen molar-refractivity contribution in [2.75, 3.05) is 53.4 Å². The Hall–Kier alpha value is -1.47. The van der Waals surface area contributed by atoms with E-state index < -0.39 is 5.60 Å². The van der Waals surface area contributed by atoms with Gasteiger partial charge in [-0.05, 0) is 44.1 Å². The molecule has 2 N–H and O–H groups in total. The first-order valence-corrected chi connectivity index (χ1v) is 9.64. The second-order valence-electron chi connectivity index (χ2n) is 7.53. The van der Waals surface area contributed by atoms with Crippen molar-refractivity contribution in [2.45, 2.75) is 31.5 Å². The number of amides is 1. The Bertz CT molecular complexity index is 576. The van der Waals surface area contributed by atoms with E-state index in [-0.39, 0.29) is 5.91 Å². The molecule has 3 rings (SSSR count). The van der Waals surface area contributed by atoms with Crippen molar-refractivity contribution >= 4 is 5.91 Å². The van der Waals surface area contributed by atoms with Gasteiger partial charge in [-0.3, -0.25) is 9.69 Å². The van der Waals surface area contributed by atoms with Crippen LogP contribution in [0.3, 0.4) is 0 Å². The number of ether oxygens (including phenoxy) is 1. The van der Waals surface area contributed by atoms with E-state index in [4.69, 9.17) is 4.74 Å². The summed E-state index contributed by atoms with van der Waals surface area (Å²) in [6, 6.07) is 8.59. The Kier molecular flexibility index (Phi) is 6.64. The van der Waals surface area contributed by atoms with Gasteiger partial charge in [-0.1, -0.05) is 24.3 Å². The highest BCUT2D eigenvalue weighted by atomic mass is 16.5. The first-order valence-electron chi connectivity index (χ1n) is 9.64. The predicted octanol–water partition coefficient (Wildman–Crippen LogP) is 0.819.